The molecule has 0 aliphatic carbocycles. The van der Waals surface area contributed by atoms with Crippen molar-refractivity contribution < 1.29 is 19.1 Å². The van der Waals surface area contributed by atoms with Gasteiger partial charge in [0.2, 0.25) is 5.91 Å². The van der Waals surface area contributed by atoms with Crippen LogP contribution in [0.5, 0.6) is 11.5 Å². The first-order valence-corrected chi connectivity index (χ1v) is 12.5. The predicted octanol–water partition coefficient (Wildman–Crippen LogP) is 5.63. The van der Waals surface area contributed by atoms with Crippen molar-refractivity contribution in [1.82, 2.24) is 10.7 Å². The molecule has 0 radical (unpaired) electrons. The van der Waals surface area contributed by atoms with Crippen LogP contribution in [0.3, 0.4) is 0 Å². The van der Waals surface area contributed by atoms with Crippen LogP contribution in [0.2, 0.25) is 5.02 Å². The number of carbonyl (C=O) groups is 2. The lowest BCUT2D eigenvalue weighted by Gasteiger charge is -2.11. The van der Waals surface area contributed by atoms with Crippen LogP contribution in [-0.2, 0) is 16.2 Å². The highest BCUT2D eigenvalue weighted by atomic mass is 35.5. The van der Waals surface area contributed by atoms with Crippen LogP contribution < -0.4 is 20.2 Å². The topological polar surface area (TPSA) is 89.0 Å². The number of unbranched alkanes of at least 4 members (excludes halogenated alkanes) is 6. The van der Waals surface area contributed by atoms with E-state index in [9.17, 15) is 9.59 Å². The first-order chi connectivity index (χ1) is 17.0. The van der Waals surface area contributed by atoms with E-state index in [0.29, 0.717) is 29.5 Å². The number of halogens is 1. The number of nitrogens with zero attached hydrogens (tertiary/aromatic N) is 1. The summed E-state index contributed by atoms with van der Waals surface area (Å²) in [5.41, 5.74) is 4.13. The number of amides is 2. The summed E-state index contributed by atoms with van der Waals surface area (Å²) in [6.45, 7) is 2.47. The lowest BCUT2D eigenvalue weighted by Crippen LogP contribution is -2.34. The fourth-order valence-electron chi connectivity index (χ4n) is 3.35. The molecule has 2 aromatic carbocycles. The van der Waals surface area contributed by atoms with Crippen molar-refractivity contribution in [2.45, 2.75) is 64.9 Å². The van der Waals surface area contributed by atoms with Crippen LogP contribution in [0.1, 0.15) is 69.4 Å². The third kappa shape index (κ3) is 11.8. The van der Waals surface area contributed by atoms with Crippen LogP contribution in [-0.4, -0.2) is 31.7 Å². The summed E-state index contributed by atoms with van der Waals surface area (Å²) in [6, 6.07) is 12.8. The number of benzene rings is 2. The van der Waals surface area contributed by atoms with E-state index in [2.05, 4.69) is 22.8 Å². The van der Waals surface area contributed by atoms with E-state index in [1.165, 1.54) is 31.9 Å². The van der Waals surface area contributed by atoms with Gasteiger partial charge in [-0.1, -0.05) is 69.2 Å². The quantitative estimate of drug-likeness (QED) is 0.177. The minimum absolute atomic E-state index is 0.104. The Balaban J connectivity index is 1.69. The van der Waals surface area contributed by atoms with Crippen molar-refractivity contribution in [3.63, 3.8) is 0 Å². The second-order valence-corrected chi connectivity index (χ2v) is 8.70. The van der Waals surface area contributed by atoms with Gasteiger partial charge in [0.25, 0.3) is 5.91 Å². The molecule has 0 aromatic heterocycles. The number of methoxy groups -OCH3 is 1. The summed E-state index contributed by atoms with van der Waals surface area (Å²) >= 11 is 5.91. The largest absolute Gasteiger partial charge is 0.493 e. The van der Waals surface area contributed by atoms with Crippen molar-refractivity contribution in [1.29, 1.82) is 0 Å². The van der Waals surface area contributed by atoms with Gasteiger partial charge in [0.1, 0.15) is 6.61 Å². The Kier molecular flexibility index (Phi) is 13.3. The molecule has 0 heterocycles. The molecule has 0 fully saturated rings. The van der Waals surface area contributed by atoms with E-state index < -0.39 is 0 Å². The second kappa shape index (κ2) is 16.5. The molecule has 0 unspecified atom stereocenters. The van der Waals surface area contributed by atoms with E-state index in [1.54, 1.807) is 25.3 Å². The molecule has 190 valence electrons. The van der Waals surface area contributed by atoms with Gasteiger partial charge in [0.05, 0.1) is 19.9 Å². The maximum atomic E-state index is 11.9. The maximum Gasteiger partial charge on any atom is 0.259 e. The zero-order chi connectivity index (χ0) is 25.3. The van der Waals surface area contributed by atoms with E-state index in [4.69, 9.17) is 21.1 Å². The fraction of sp³-hybridized carbons (Fsp3) is 0.444. The van der Waals surface area contributed by atoms with Crippen LogP contribution in [0.25, 0.3) is 0 Å². The first-order valence-electron chi connectivity index (χ1n) is 12.2. The number of nitrogens with one attached hydrogen (secondary N) is 2. The molecule has 8 heteroatoms. The third-order valence-corrected chi connectivity index (χ3v) is 5.60. The molecule has 0 saturated heterocycles. The van der Waals surface area contributed by atoms with Crippen LogP contribution in [0.15, 0.2) is 47.6 Å². The Bertz CT molecular complexity index is 948. The average Bonchev–Trinajstić information content (AvgIpc) is 2.87. The van der Waals surface area contributed by atoms with E-state index in [0.717, 1.165) is 30.4 Å². The number of hydrazone groups is 1. The highest BCUT2D eigenvalue weighted by Crippen LogP contribution is 2.28. The van der Waals surface area contributed by atoms with Gasteiger partial charge in [-0.05, 0) is 47.9 Å². The number of ether oxygens (including phenoxy) is 2. The minimum atomic E-state index is -0.385. The molecule has 2 amide bonds. The smallest absolute Gasteiger partial charge is 0.259 e. The number of rotatable bonds is 16. The molecule has 0 bridgehead atoms. The Labute approximate surface area is 213 Å². The second-order valence-electron chi connectivity index (χ2n) is 8.27. The van der Waals surface area contributed by atoms with Crippen LogP contribution in [0, 0.1) is 0 Å². The maximum absolute atomic E-state index is 11.9. The molecule has 35 heavy (non-hydrogen) atoms. The molecule has 0 atom stereocenters. The Morgan fingerprint density at radius 1 is 0.943 bits per heavy atom. The summed E-state index contributed by atoms with van der Waals surface area (Å²) in [6.07, 6.45) is 9.98. The fourth-order valence-corrected chi connectivity index (χ4v) is 3.48. The van der Waals surface area contributed by atoms with Crippen LogP contribution in [0.4, 0.5) is 0 Å². The van der Waals surface area contributed by atoms with Gasteiger partial charge in [-0.2, -0.15) is 5.10 Å². The van der Waals surface area contributed by atoms with Crippen molar-refractivity contribution in [3.05, 3.63) is 58.6 Å². The number of hydrogen-bond donors (Lipinski definition) is 2. The molecular weight excluding hydrogens is 466 g/mol. The zero-order valence-electron chi connectivity index (χ0n) is 20.6. The standard InChI is InChI=1S/C27H36ClN3O4/c1-3-4-5-6-7-8-9-10-26(32)29-19-27(33)31-30-18-22-13-16-24(25(17-22)34-2)35-20-21-11-14-23(28)15-12-21/h11-18H,3-10,19-20H2,1-2H3,(H,29,32)(H,31,33)/b30-18+. The molecule has 2 N–H and O–H groups in total. The van der Waals surface area contributed by atoms with Gasteiger partial charge in [0, 0.05) is 11.4 Å². The summed E-state index contributed by atoms with van der Waals surface area (Å²) < 4.78 is 11.2. The van der Waals surface area contributed by atoms with Gasteiger partial charge in [-0.3, -0.25) is 9.59 Å². The first kappa shape index (κ1) is 28.2. The monoisotopic (exact) mass is 501 g/mol. The SMILES string of the molecule is CCCCCCCCCC(=O)NCC(=O)N/N=C/c1ccc(OCc2ccc(Cl)cc2)c(OC)c1. The lowest BCUT2D eigenvalue weighted by molar-refractivity contribution is -0.126. The van der Waals surface area contributed by atoms with Crippen molar-refractivity contribution in [2.24, 2.45) is 5.10 Å². The Morgan fingerprint density at radius 3 is 2.37 bits per heavy atom. The van der Waals surface area contributed by atoms with Crippen molar-refractivity contribution in [3.8, 4) is 11.5 Å². The van der Waals surface area contributed by atoms with E-state index in [-0.39, 0.29) is 18.4 Å². The van der Waals surface area contributed by atoms with Gasteiger partial charge < -0.3 is 14.8 Å². The molecule has 0 aliphatic heterocycles. The predicted molar refractivity (Wildman–Crippen MR) is 140 cm³/mol. The summed E-state index contributed by atoms with van der Waals surface area (Å²) in [4.78, 5) is 23.8. The van der Waals surface area contributed by atoms with Gasteiger partial charge in [0.15, 0.2) is 11.5 Å². The van der Waals surface area contributed by atoms with Gasteiger partial charge in [-0.15, -0.1) is 0 Å². The average molecular weight is 502 g/mol. The molecule has 0 saturated carbocycles. The normalized spacial score (nSPS) is 10.8. The van der Waals surface area contributed by atoms with Crippen molar-refractivity contribution in [2.75, 3.05) is 13.7 Å². The Morgan fingerprint density at radius 2 is 1.66 bits per heavy atom. The Hall–Kier alpha value is -3.06. The highest BCUT2D eigenvalue weighted by molar-refractivity contribution is 6.30. The van der Waals surface area contributed by atoms with Gasteiger partial charge >= 0.3 is 0 Å². The minimum Gasteiger partial charge on any atom is -0.493 e. The molecule has 2 aromatic rings. The van der Waals surface area contributed by atoms with Crippen LogP contribution >= 0.6 is 11.6 Å². The number of carbonyl (C=O) groups excluding carboxylic acids is 2. The highest BCUT2D eigenvalue weighted by Gasteiger charge is 2.07. The van der Waals surface area contributed by atoms with E-state index in [1.807, 2.05) is 24.3 Å². The molecule has 0 spiro atoms. The molecule has 2 rings (SSSR count). The molecule has 7 nitrogen and oxygen atoms in total. The molecular formula is C27H36ClN3O4. The number of hydrogen-bond acceptors (Lipinski definition) is 5. The third-order valence-electron chi connectivity index (χ3n) is 5.35. The summed E-state index contributed by atoms with van der Waals surface area (Å²) in [5, 5.41) is 7.26. The van der Waals surface area contributed by atoms with Gasteiger partial charge in [-0.25, -0.2) is 5.43 Å². The summed E-state index contributed by atoms with van der Waals surface area (Å²) in [7, 11) is 1.56. The molecule has 0 aliphatic rings. The van der Waals surface area contributed by atoms with Crippen molar-refractivity contribution >= 4 is 29.6 Å². The lowest BCUT2D eigenvalue weighted by atomic mass is 10.1. The summed E-state index contributed by atoms with van der Waals surface area (Å²) in [5.74, 6) is 0.639. The van der Waals surface area contributed by atoms with E-state index >= 15 is 0 Å². The zero-order valence-corrected chi connectivity index (χ0v) is 21.4.